The highest BCUT2D eigenvalue weighted by Crippen LogP contribution is 2.21. The lowest BCUT2D eigenvalue weighted by Crippen LogP contribution is -2.28. The van der Waals surface area contributed by atoms with E-state index in [1.165, 1.54) is 11.3 Å². The fraction of sp³-hybridized carbons (Fsp3) is 0.158. The number of hydrogen-bond donors (Lipinski definition) is 2. The van der Waals surface area contributed by atoms with Crippen LogP contribution in [0.2, 0.25) is 0 Å². The predicted octanol–water partition coefficient (Wildman–Crippen LogP) is 4.31. The average molecular weight is 337 g/mol. The molecule has 4 nitrogen and oxygen atoms in total. The maximum atomic E-state index is 12.2. The second kappa shape index (κ2) is 7.75. The number of carbonyl (C=O) groups is 1. The van der Waals surface area contributed by atoms with Gasteiger partial charge in [-0.1, -0.05) is 48.5 Å². The zero-order valence-corrected chi connectivity index (χ0v) is 14.2. The van der Waals surface area contributed by atoms with E-state index >= 15 is 0 Å². The van der Waals surface area contributed by atoms with Gasteiger partial charge in [-0.25, -0.2) is 4.98 Å². The number of hydrogen-bond acceptors (Lipinski definition) is 4. The minimum absolute atomic E-state index is 0.0146. The molecule has 0 aliphatic heterocycles. The van der Waals surface area contributed by atoms with Gasteiger partial charge in [0.2, 0.25) is 5.91 Å². The first-order valence-corrected chi connectivity index (χ1v) is 8.69. The fourth-order valence-corrected chi connectivity index (χ4v) is 3.10. The molecule has 2 aromatic carbocycles. The lowest BCUT2D eigenvalue weighted by molar-refractivity contribution is -0.121. The summed E-state index contributed by atoms with van der Waals surface area (Å²) in [7, 11) is 0. The topological polar surface area (TPSA) is 54.0 Å². The molecule has 1 amide bonds. The standard InChI is InChI=1S/C19H19N3OS/c1-14(15-8-4-2-5-9-15)20-18(23)12-17-13-24-19(22-17)21-16-10-6-3-7-11-16/h2-11,13-14H,12H2,1H3,(H,20,23)(H,21,22). The first-order valence-electron chi connectivity index (χ1n) is 7.81. The fourth-order valence-electron chi connectivity index (χ4n) is 2.37. The van der Waals surface area contributed by atoms with Gasteiger partial charge < -0.3 is 10.6 Å². The zero-order valence-electron chi connectivity index (χ0n) is 13.4. The highest BCUT2D eigenvalue weighted by Gasteiger charge is 2.12. The Balaban J connectivity index is 1.55. The summed E-state index contributed by atoms with van der Waals surface area (Å²) in [5, 5.41) is 8.96. The van der Waals surface area contributed by atoms with Gasteiger partial charge in [-0.05, 0) is 24.6 Å². The first kappa shape index (κ1) is 16.2. The van der Waals surface area contributed by atoms with Gasteiger partial charge in [-0.2, -0.15) is 0 Å². The number of rotatable bonds is 6. The molecule has 1 unspecified atom stereocenters. The molecule has 24 heavy (non-hydrogen) atoms. The van der Waals surface area contributed by atoms with E-state index < -0.39 is 0 Å². The molecule has 2 N–H and O–H groups in total. The van der Waals surface area contributed by atoms with E-state index in [1.807, 2.05) is 73.0 Å². The molecular weight excluding hydrogens is 318 g/mol. The lowest BCUT2D eigenvalue weighted by Gasteiger charge is -2.13. The first-order chi connectivity index (χ1) is 11.7. The SMILES string of the molecule is CC(NC(=O)Cc1csc(Nc2ccccc2)n1)c1ccccc1. The van der Waals surface area contributed by atoms with Crippen molar-refractivity contribution in [3.8, 4) is 0 Å². The predicted molar refractivity (Wildman–Crippen MR) is 98.5 cm³/mol. The molecule has 0 aliphatic rings. The summed E-state index contributed by atoms with van der Waals surface area (Å²) < 4.78 is 0. The molecule has 0 saturated carbocycles. The van der Waals surface area contributed by atoms with Crippen LogP contribution in [0.1, 0.15) is 24.2 Å². The minimum Gasteiger partial charge on any atom is -0.349 e. The summed E-state index contributed by atoms with van der Waals surface area (Å²) >= 11 is 1.50. The van der Waals surface area contributed by atoms with Crippen molar-refractivity contribution < 1.29 is 4.79 Å². The molecule has 1 aromatic heterocycles. The molecule has 5 heteroatoms. The number of anilines is 2. The Morgan fingerprint density at radius 1 is 1.08 bits per heavy atom. The van der Waals surface area contributed by atoms with E-state index in [1.54, 1.807) is 0 Å². The van der Waals surface area contributed by atoms with Gasteiger partial charge >= 0.3 is 0 Å². The third-order valence-corrected chi connectivity index (χ3v) is 4.40. The van der Waals surface area contributed by atoms with E-state index in [2.05, 4.69) is 15.6 Å². The van der Waals surface area contributed by atoms with E-state index in [0.717, 1.165) is 22.1 Å². The summed E-state index contributed by atoms with van der Waals surface area (Å²) in [5.41, 5.74) is 2.85. The number of aromatic nitrogens is 1. The van der Waals surface area contributed by atoms with Crippen molar-refractivity contribution in [1.82, 2.24) is 10.3 Å². The summed E-state index contributed by atoms with van der Waals surface area (Å²) in [6.45, 7) is 1.98. The van der Waals surface area contributed by atoms with Crippen molar-refractivity contribution in [3.63, 3.8) is 0 Å². The van der Waals surface area contributed by atoms with Crippen LogP contribution in [0, 0.1) is 0 Å². The van der Waals surface area contributed by atoms with Crippen LogP contribution in [-0.4, -0.2) is 10.9 Å². The number of para-hydroxylation sites is 1. The van der Waals surface area contributed by atoms with Crippen LogP contribution in [0.5, 0.6) is 0 Å². The molecule has 3 aromatic rings. The molecular formula is C19H19N3OS. The van der Waals surface area contributed by atoms with Gasteiger partial charge in [0.15, 0.2) is 5.13 Å². The number of nitrogens with zero attached hydrogens (tertiary/aromatic N) is 1. The normalized spacial score (nSPS) is 11.7. The van der Waals surface area contributed by atoms with E-state index in [9.17, 15) is 4.79 Å². The van der Waals surface area contributed by atoms with Crippen LogP contribution in [0.15, 0.2) is 66.0 Å². The second-order valence-electron chi connectivity index (χ2n) is 5.51. The number of benzene rings is 2. The van der Waals surface area contributed by atoms with Gasteiger partial charge in [-0.15, -0.1) is 11.3 Å². The number of carbonyl (C=O) groups excluding carboxylic acids is 1. The second-order valence-corrected chi connectivity index (χ2v) is 6.37. The van der Waals surface area contributed by atoms with Gasteiger partial charge in [-0.3, -0.25) is 4.79 Å². The third kappa shape index (κ3) is 4.43. The quantitative estimate of drug-likeness (QED) is 0.705. The molecule has 3 rings (SSSR count). The molecule has 122 valence electrons. The van der Waals surface area contributed by atoms with Crippen LogP contribution in [0.25, 0.3) is 0 Å². The Hall–Kier alpha value is -2.66. The highest BCUT2D eigenvalue weighted by molar-refractivity contribution is 7.13. The van der Waals surface area contributed by atoms with Gasteiger partial charge in [0.05, 0.1) is 18.2 Å². The van der Waals surface area contributed by atoms with Gasteiger partial charge in [0, 0.05) is 11.1 Å². The van der Waals surface area contributed by atoms with Crippen LogP contribution < -0.4 is 10.6 Å². The smallest absolute Gasteiger partial charge is 0.226 e. The Kier molecular flexibility index (Phi) is 5.23. The van der Waals surface area contributed by atoms with E-state index in [-0.39, 0.29) is 18.4 Å². The third-order valence-electron chi connectivity index (χ3n) is 3.60. The van der Waals surface area contributed by atoms with Crippen molar-refractivity contribution in [2.75, 3.05) is 5.32 Å². The van der Waals surface area contributed by atoms with E-state index in [4.69, 9.17) is 0 Å². The molecule has 0 spiro atoms. The van der Waals surface area contributed by atoms with Crippen molar-refractivity contribution in [3.05, 3.63) is 77.3 Å². The van der Waals surface area contributed by atoms with Crippen LogP contribution in [-0.2, 0) is 11.2 Å². The monoisotopic (exact) mass is 337 g/mol. The van der Waals surface area contributed by atoms with Crippen LogP contribution >= 0.6 is 11.3 Å². The van der Waals surface area contributed by atoms with Crippen molar-refractivity contribution in [2.45, 2.75) is 19.4 Å². The van der Waals surface area contributed by atoms with Gasteiger partial charge in [0.25, 0.3) is 0 Å². The molecule has 1 atom stereocenters. The molecule has 0 radical (unpaired) electrons. The van der Waals surface area contributed by atoms with Crippen LogP contribution in [0.4, 0.5) is 10.8 Å². The molecule has 0 bridgehead atoms. The number of nitrogens with one attached hydrogen (secondary N) is 2. The number of amides is 1. The number of thiazole rings is 1. The molecule has 1 heterocycles. The van der Waals surface area contributed by atoms with Crippen molar-refractivity contribution >= 4 is 28.1 Å². The van der Waals surface area contributed by atoms with Gasteiger partial charge in [0.1, 0.15) is 0 Å². The largest absolute Gasteiger partial charge is 0.349 e. The van der Waals surface area contributed by atoms with Crippen LogP contribution in [0.3, 0.4) is 0 Å². The molecule has 0 aliphatic carbocycles. The molecule has 0 saturated heterocycles. The zero-order chi connectivity index (χ0) is 16.8. The Morgan fingerprint density at radius 2 is 1.75 bits per heavy atom. The molecule has 0 fully saturated rings. The Morgan fingerprint density at radius 3 is 2.46 bits per heavy atom. The summed E-state index contributed by atoms with van der Waals surface area (Å²) in [4.78, 5) is 16.7. The lowest BCUT2D eigenvalue weighted by atomic mass is 10.1. The maximum absolute atomic E-state index is 12.2. The van der Waals surface area contributed by atoms with Crippen molar-refractivity contribution in [2.24, 2.45) is 0 Å². The average Bonchev–Trinajstić information content (AvgIpc) is 3.03. The Bertz CT molecular complexity index is 787. The van der Waals surface area contributed by atoms with E-state index in [0.29, 0.717) is 0 Å². The summed E-state index contributed by atoms with van der Waals surface area (Å²) in [5.74, 6) is -0.0251. The maximum Gasteiger partial charge on any atom is 0.226 e. The summed E-state index contributed by atoms with van der Waals surface area (Å²) in [6, 6.07) is 19.8. The Labute approximate surface area is 145 Å². The minimum atomic E-state index is -0.0251. The highest BCUT2D eigenvalue weighted by atomic mass is 32.1. The van der Waals surface area contributed by atoms with Crippen molar-refractivity contribution in [1.29, 1.82) is 0 Å². The summed E-state index contributed by atoms with van der Waals surface area (Å²) in [6.07, 6.45) is 0.282.